The Labute approximate surface area is 95.3 Å². The number of nitrogen functional groups attached to an aromatic ring is 1. The Bertz CT molecular complexity index is 389. The average Bonchev–Trinajstić information content (AvgIpc) is 2.30. The van der Waals surface area contributed by atoms with Gasteiger partial charge in [-0.05, 0) is 25.0 Å². The zero-order valence-corrected chi connectivity index (χ0v) is 9.10. The van der Waals surface area contributed by atoms with Crippen LogP contribution in [0.1, 0.15) is 6.42 Å². The van der Waals surface area contributed by atoms with E-state index < -0.39 is 5.97 Å². The molecule has 1 unspecified atom stereocenters. The van der Waals surface area contributed by atoms with Crippen molar-refractivity contribution in [1.29, 1.82) is 0 Å². The third-order valence-corrected chi connectivity index (χ3v) is 3.12. The monoisotopic (exact) mass is 218 g/mol. The second-order valence-corrected chi connectivity index (χ2v) is 4.16. The molecule has 4 nitrogen and oxygen atoms in total. The van der Waals surface area contributed by atoms with Crippen LogP contribution in [0.5, 0.6) is 0 Å². The third kappa shape index (κ3) is 2.13. The van der Waals surface area contributed by atoms with Crippen LogP contribution in [0, 0.1) is 0 Å². The summed E-state index contributed by atoms with van der Waals surface area (Å²) < 4.78 is 0. The van der Waals surface area contributed by atoms with Gasteiger partial charge >= 0.3 is 0 Å². The molecule has 0 bridgehead atoms. The van der Waals surface area contributed by atoms with Gasteiger partial charge in [0, 0.05) is 12.4 Å². The molecule has 0 amide bonds. The number of benzene rings is 1. The fourth-order valence-electron chi connectivity index (χ4n) is 2.14. The molecule has 0 radical (unpaired) electrons. The summed E-state index contributed by atoms with van der Waals surface area (Å²) in [6.07, 6.45) is 1.47. The van der Waals surface area contributed by atoms with Crippen molar-refractivity contribution >= 4 is 24.6 Å². The molecule has 1 aliphatic heterocycles. The number of anilines is 2. The second kappa shape index (κ2) is 4.47. The van der Waals surface area contributed by atoms with Gasteiger partial charge in [0.25, 0.3) is 5.97 Å². The molecule has 1 aliphatic rings. The van der Waals surface area contributed by atoms with Gasteiger partial charge < -0.3 is 15.7 Å². The lowest BCUT2D eigenvalue weighted by Gasteiger charge is -2.32. The maximum Gasteiger partial charge on any atom is 0.298 e. The number of rotatable bonds is 2. The number of para-hydroxylation sites is 2. The number of nitrogens with two attached hydrogens (primary N) is 1. The minimum atomic E-state index is -0.680. The summed E-state index contributed by atoms with van der Waals surface area (Å²) in [5.74, 6) is -0.873. The molecule has 0 aliphatic carbocycles. The van der Waals surface area contributed by atoms with Gasteiger partial charge in [0.1, 0.15) is 0 Å². The van der Waals surface area contributed by atoms with E-state index in [9.17, 15) is 4.79 Å². The Kier molecular flexibility index (Phi) is 3.03. The molecule has 1 saturated heterocycles. The Morgan fingerprint density at radius 2 is 2.25 bits per heavy atom. The lowest BCUT2D eigenvalue weighted by molar-refractivity contribution is -0.137. The molecule has 1 aromatic carbocycles. The van der Waals surface area contributed by atoms with Gasteiger partial charge in [-0.2, -0.15) is 0 Å². The molecule has 5 heteroatoms. The molecule has 84 valence electrons. The lowest BCUT2D eigenvalue weighted by atomic mass is 9.60. The fourth-order valence-corrected chi connectivity index (χ4v) is 2.14. The summed E-state index contributed by atoms with van der Waals surface area (Å²) >= 11 is 0. The molecule has 1 fully saturated rings. The fraction of sp³-hybridized carbons (Fsp3) is 0.364. The SMILES string of the molecule is Nc1ccccc1N1CBC(C(=O)O)CC1. The second-order valence-electron chi connectivity index (χ2n) is 4.16. The topological polar surface area (TPSA) is 66.6 Å². The van der Waals surface area contributed by atoms with Crippen LogP contribution in [0.2, 0.25) is 5.82 Å². The summed E-state index contributed by atoms with van der Waals surface area (Å²) in [7, 11) is 0.698. The highest BCUT2D eigenvalue weighted by molar-refractivity contribution is 6.44. The van der Waals surface area contributed by atoms with Crippen LogP contribution in [-0.4, -0.2) is 31.3 Å². The number of nitrogens with zero attached hydrogens (tertiary/aromatic N) is 1. The molecule has 0 aromatic heterocycles. The highest BCUT2D eigenvalue weighted by Crippen LogP contribution is 2.26. The molecule has 1 atom stereocenters. The Hall–Kier alpha value is -1.65. The van der Waals surface area contributed by atoms with E-state index in [1.165, 1.54) is 0 Å². The Balaban J connectivity index is 2.05. The zero-order chi connectivity index (χ0) is 11.5. The maximum absolute atomic E-state index is 10.8. The molecule has 0 saturated carbocycles. The number of carboxylic acid groups (broad SMARTS) is 1. The van der Waals surface area contributed by atoms with Crippen LogP contribution in [-0.2, 0) is 4.79 Å². The normalized spacial score (nSPS) is 20.2. The van der Waals surface area contributed by atoms with Gasteiger partial charge in [-0.1, -0.05) is 12.1 Å². The van der Waals surface area contributed by atoms with Gasteiger partial charge in [0.05, 0.1) is 11.4 Å². The number of carbonyl (C=O) groups is 1. The molecule has 0 spiro atoms. The quantitative estimate of drug-likeness (QED) is 0.567. The number of hydrogen-bond acceptors (Lipinski definition) is 3. The van der Waals surface area contributed by atoms with Crippen LogP contribution in [0.15, 0.2) is 24.3 Å². The van der Waals surface area contributed by atoms with Crippen molar-refractivity contribution in [3.63, 3.8) is 0 Å². The smallest absolute Gasteiger partial charge is 0.298 e. The van der Waals surface area contributed by atoms with E-state index in [1.54, 1.807) is 0 Å². The molecule has 3 N–H and O–H groups in total. The van der Waals surface area contributed by atoms with Gasteiger partial charge in [-0.25, -0.2) is 0 Å². The Morgan fingerprint density at radius 1 is 1.50 bits per heavy atom. The predicted octanol–water partition coefficient (Wildman–Crippen LogP) is 0.746. The van der Waals surface area contributed by atoms with Gasteiger partial charge in [-0.15, -0.1) is 0 Å². The number of carboxylic acids is 1. The largest absolute Gasteiger partial charge is 0.482 e. The van der Waals surface area contributed by atoms with Gasteiger partial charge in [0.15, 0.2) is 7.28 Å². The summed E-state index contributed by atoms with van der Waals surface area (Å²) in [5.41, 5.74) is 7.67. The van der Waals surface area contributed by atoms with Crippen molar-refractivity contribution in [2.24, 2.45) is 0 Å². The van der Waals surface area contributed by atoms with Crippen LogP contribution in [0.4, 0.5) is 11.4 Å². The first kappa shape index (κ1) is 10.9. The molecule has 16 heavy (non-hydrogen) atoms. The molecule has 2 rings (SSSR count). The van der Waals surface area contributed by atoms with E-state index in [4.69, 9.17) is 10.8 Å². The van der Waals surface area contributed by atoms with Crippen molar-refractivity contribution in [2.75, 3.05) is 23.6 Å². The van der Waals surface area contributed by atoms with Crippen LogP contribution >= 0.6 is 0 Å². The van der Waals surface area contributed by atoms with E-state index in [1.807, 2.05) is 24.3 Å². The molecular weight excluding hydrogens is 203 g/mol. The molecule has 1 heterocycles. The standard InChI is InChI=1S/C11H15BN2O2/c13-9-3-1-2-4-10(9)14-6-5-8(11(15)16)12-7-14/h1-4,8,12H,5-7,13H2,(H,15,16). The van der Waals surface area contributed by atoms with E-state index in [-0.39, 0.29) is 5.82 Å². The highest BCUT2D eigenvalue weighted by atomic mass is 16.4. The first-order valence-corrected chi connectivity index (χ1v) is 5.50. The van der Waals surface area contributed by atoms with E-state index in [2.05, 4.69) is 4.90 Å². The molecule has 1 aromatic rings. The summed E-state index contributed by atoms with van der Waals surface area (Å²) in [4.78, 5) is 13.0. The van der Waals surface area contributed by atoms with Crippen molar-refractivity contribution in [3.05, 3.63) is 24.3 Å². The van der Waals surface area contributed by atoms with E-state index >= 15 is 0 Å². The maximum atomic E-state index is 10.8. The third-order valence-electron chi connectivity index (χ3n) is 3.12. The minimum absolute atomic E-state index is 0.193. The molecular formula is C11H15BN2O2. The highest BCUT2D eigenvalue weighted by Gasteiger charge is 2.26. The van der Waals surface area contributed by atoms with E-state index in [0.29, 0.717) is 13.7 Å². The van der Waals surface area contributed by atoms with Gasteiger partial charge in [0.2, 0.25) is 0 Å². The first-order chi connectivity index (χ1) is 7.68. The number of hydrogen-bond donors (Lipinski definition) is 2. The van der Waals surface area contributed by atoms with Crippen molar-refractivity contribution in [1.82, 2.24) is 0 Å². The summed E-state index contributed by atoms with van der Waals surface area (Å²) in [6, 6.07) is 7.72. The summed E-state index contributed by atoms with van der Waals surface area (Å²) in [5, 5.41) is 8.91. The summed E-state index contributed by atoms with van der Waals surface area (Å²) in [6.45, 7) is 0.769. The first-order valence-electron chi connectivity index (χ1n) is 5.50. The van der Waals surface area contributed by atoms with Crippen LogP contribution < -0.4 is 10.6 Å². The lowest BCUT2D eigenvalue weighted by Crippen LogP contribution is -2.39. The minimum Gasteiger partial charge on any atom is -0.482 e. The van der Waals surface area contributed by atoms with E-state index in [0.717, 1.165) is 24.4 Å². The Morgan fingerprint density at radius 3 is 2.81 bits per heavy atom. The van der Waals surface area contributed by atoms with Gasteiger partial charge in [-0.3, -0.25) is 4.79 Å². The van der Waals surface area contributed by atoms with Crippen molar-refractivity contribution in [2.45, 2.75) is 12.2 Å². The van der Waals surface area contributed by atoms with Crippen LogP contribution in [0.25, 0.3) is 0 Å². The predicted molar refractivity (Wildman–Crippen MR) is 66.2 cm³/mol. The van der Waals surface area contributed by atoms with Crippen molar-refractivity contribution in [3.8, 4) is 0 Å². The average molecular weight is 218 g/mol. The zero-order valence-electron chi connectivity index (χ0n) is 9.10. The number of aliphatic carboxylic acids is 1. The van der Waals surface area contributed by atoms with Crippen LogP contribution in [0.3, 0.4) is 0 Å². The van der Waals surface area contributed by atoms with Crippen molar-refractivity contribution < 1.29 is 9.90 Å².